The number of para-hydroxylation sites is 2. The van der Waals surface area contributed by atoms with Gasteiger partial charge >= 0.3 is 0 Å². The topological polar surface area (TPSA) is 55.1 Å². The molecule has 0 spiro atoms. The number of nitrogens with one attached hydrogen (secondary N) is 1. The molecule has 0 radical (unpaired) electrons. The average molecular weight is 482 g/mol. The zero-order valence-electron chi connectivity index (χ0n) is 19.7. The molecule has 0 bridgehead atoms. The molecule has 0 unspecified atom stereocenters. The van der Waals surface area contributed by atoms with Crippen LogP contribution in [0.1, 0.15) is 32.1 Å². The van der Waals surface area contributed by atoms with Crippen LogP contribution in [-0.2, 0) is 0 Å². The minimum Gasteiger partial charge on any atom is -0.352 e. The smallest absolute Gasteiger partial charge is 0.160 e. The number of aromatic nitrogens is 3. The van der Waals surface area contributed by atoms with E-state index in [4.69, 9.17) is 9.98 Å². The molecular formula is C29H25F2N5. The van der Waals surface area contributed by atoms with Gasteiger partial charge in [0.15, 0.2) is 11.6 Å². The lowest BCUT2D eigenvalue weighted by atomic mass is 9.96. The fraction of sp³-hybridized carbons (Fsp3) is 0.207. The molecule has 3 aromatic rings. The van der Waals surface area contributed by atoms with E-state index in [1.807, 2.05) is 53.1 Å². The molecule has 3 aliphatic rings. The van der Waals surface area contributed by atoms with Gasteiger partial charge in [0, 0.05) is 18.0 Å². The lowest BCUT2D eigenvalue weighted by molar-refractivity contribution is 0.437. The summed E-state index contributed by atoms with van der Waals surface area (Å²) >= 11 is 0. The van der Waals surface area contributed by atoms with Crippen LogP contribution in [0.25, 0.3) is 28.1 Å². The monoisotopic (exact) mass is 481 g/mol. The summed E-state index contributed by atoms with van der Waals surface area (Å²) in [5, 5.41) is 4.27. The normalized spacial score (nSPS) is 15.0. The molecule has 1 N–H and O–H groups in total. The number of pyridine rings is 1. The van der Waals surface area contributed by atoms with Crippen molar-refractivity contribution in [3.05, 3.63) is 96.1 Å². The second kappa shape index (κ2) is 9.49. The maximum absolute atomic E-state index is 14.3. The van der Waals surface area contributed by atoms with Crippen molar-refractivity contribution in [2.24, 2.45) is 4.99 Å². The second-order valence-electron chi connectivity index (χ2n) is 9.18. The lowest BCUT2D eigenvalue weighted by Crippen LogP contribution is -2.19. The Kier molecular flexibility index (Phi) is 5.89. The summed E-state index contributed by atoms with van der Waals surface area (Å²) in [5.41, 5.74) is 5.24. The number of rotatable bonds is 4. The number of anilines is 2. The molecule has 5 nitrogen and oxygen atoms in total. The van der Waals surface area contributed by atoms with Gasteiger partial charge < -0.3 is 9.88 Å². The lowest BCUT2D eigenvalue weighted by Gasteiger charge is -2.21. The van der Waals surface area contributed by atoms with Gasteiger partial charge in [0.05, 0.1) is 51.4 Å². The van der Waals surface area contributed by atoms with E-state index in [-0.39, 0.29) is 6.04 Å². The molecule has 1 saturated carbocycles. The largest absolute Gasteiger partial charge is 0.352 e. The first-order chi connectivity index (χ1) is 17.7. The summed E-state index contributed by atoms with van der Waals surface area (Å²) in [6.07, 6.45) is 9.22. The Morgan fingerprint density at radius 3 is 2.56 bits per heavy atom. The van der Waals surface area contributed by atoms with Crippen LogP contribution in [-0.4, -0.2) is 20.6 Å². The Bertz CT molecular complexity index is 1570. The summed E-state index contributed by atoms with van der Waals surface area (Å²) < 4.78 is 30.0. The molecule has 180 valence electrons. The Morgan fingerprint density at radius 1 is 0.889 bits per heavy atom. The highest BCUT2D eigenvalue weighted by Crippen LogP contribution is 2.31. The van der Waals surface area contributed by atoms with Crippen LogP contribution in [0, 0.1) is 11.6 Å². The van der Waals surface area contributed by atoms with Crippen molar-refractivity contribution in [2.45, 2.75) is 38.1 Å². The van der Waals surface area contributed by atoms with E-state index in [1.54, 1.807) is 18.5 Å². The van der Waals surface area contributed by atoms with Crippen LogP contribution in [0.3, 0.4) is 0 Å². The average Bonchev–Trinajstić information content (AvgIpc) is 2.91. The fourth-order valence-electron chi connectivity index (χ4n) is 4.95. The van der Waals surface area contributed by atoms with E-state index in [1.165, 1.54) is 25.3 Å². The molecule has 6 rings (SSSR count). The molecular weight excluding hydrogens is 456 g/mol. The highest BCUT2D eigenvalue weighted by atomic mass is 19.2. The Hall–Kier alpha value is -4.13. The molecule has 1 aliphatic heterocycles. The summed E-state index contributed by atoms with van der Waals surface area (Å²) in [5.74, 6) is -1.77. The first kappa shape index (κ1) is 22.3. The van der Waals surface area contributed by atoms with E-state index < -0.39 is 11.6 Å². The van der Waals surface area contributed by atoms with Crippen LogP contribution in [0.5, 0.6) is 0 Å². The van der Waals surface area contributed by atoms with Gasteiger partial charge in [-0.05, 0) is 61.4 Å². The van der Waals surface area contributed by atoms with Crippen LogP contribution in [0.2, 0.25) is 0 Å². The van der Waals surface area contributed by atoms with Crippen molar-refractivity contribution >= 4 is 22.4 Å². The standard InChI is InChI=1S/C29H25F2N5/c30-22-13-12-21(15-23(22)31)36-28-11-5-4-10-24(28)35-27-16-25(34-20-9-6-14-32-18-20)26(17-29(27)36)33-19-7-2-1-3-8-19/h4-6,9-19,34H,1-3,7-8H2. The highest BCUT2D eigenvalue weighted by Gasteiger charge is 2.19. The molecule has 0 atom stereocenters. The van der Waals surface area contributed by atoms with E-state index in [9.17, 15) is 8.78 Å². The molecule has 2 aromatic carbocycles. The molecule has 2 aliphatic carbocycles. The van der Waals surface area contributed by atoms with Crippen molar-refractivity contribution < 1.29 is 8.78 Å². The summed E-state index contributed by atoms with van der Waals surface area (Å²) in [7, 11) is 0. The molecule has 36 heavy (non-hydrogen) atoms. The first-order valence-electron chi connectivity index (χ1n) is 12.3. The third kappa shape index (κ3) is 4.33. The van der Waals surface area contributed by atoms with E-state index in [2.05, 4.69) is 10.3 Å². The van der Waals surface area contributed by atoms with Crippen molar-refractivity contribution in [3.63, 3.8) is 0 Å². The number of hydrogen-bond acceptors (Lipinski definition) is 4. The maximum atomic E-state index is 14.3. The zero-order valence-corrected chi connectivity index (χ0v) is 19.7. The van der Waals surface area contributed by atoms with Crippen molar-refractivity contribution in [1.29, 1.82) is 0 Å². The number of halogens is 2. The quantitative estimate of drug-likeness (QED) is 0.288. The number of nitrogens with zero attached hydrogens (tertiary/aromatic N) is 4. The first-order valence-corrected chi connectivity index (χ1v) is 12.3. The van der Waals surface area contributed by atoms with Crippen molar-refractivity contribution in [2.75, 3.05) is 5.32 Å². The van der Waals surface area contributed by atoms with Crippen molar-refractivity contribution in [3.8, 4) is 17.1 Å². The molecule has 2 heterocycles. The van der Waals surface area contributed by atoms with Gasteiger partial charge in [-0.25, -0.2) is 13.8 Å². The van der Waals surface area contributed by atoms with Crippen LogP contribution >= 0.6 is 0 Å². The van der Waals surface area contributed by atoms with E-state index in [0.717, 1.165) is 52.4 Å². The van der Waals surface area contributed by atoms with Gasteiger partial charge in [-0.3, -0.25) is 9.98 Å². The fourth-order valence-corrected chi connectivity index (χ4v) is 4.95. The molecule has 1 aromatic heterocycles. The summed E-state index contributed by atoms with van der Waals surface area (Å²) in [6, 6.07) is 19.7. The minimum atomic E-state index is -0.893. The van der Waals surface area contributed by atoms with Gasteiger partial charge in [-0.1, -0.05) is 31.4 Å². The van der Waals surface area contributed by atoms with Crippen LogP contribution in [0.4, 0.5) is 20.2 Å². The van der Waals surface area contributed by atoms with Crippen molar-refractivity contribution in [1.82, 2.24) is 14.5 Å². The van der Waals surface area contributed by atoms with E-state index in [0.29, 0.717) is 11.4 Å². The minimum absolute atomic E-state index is 0.246. The summed E-state index contributed by atoms with van der Waals surface area (Å²) in [6.45, 7) is 0. The number of hydrogen-bond donors (Lipinski definition) is 1. The zero-order chi connectivity index (χ0) is 24.5. The third-order valence-corrected chi connectivity index (χ3v) is 6.70. The predicted octanol–water partition coefficient (Wildman–Crippen LogP) is 6.78. The SMILES string of the molecule is Fc1ccc(-n2c3cc(=NC4CCCCC4)c(Nc4cccnc4)cc-3nc3ccccc32)cc1F. The van der Waals surface area contributed by atoms with Crippen LogP contribution < -0.4 is 10.7 Å². The van der Waals surface area contributed by atoms with Gasteiger partial charge in [0.1, 0.15) is 0 Å². The predicted molar refractivity (Wildman–Crippen MR) is 138 cm³/mol. The Morgan fingerprint density at radius 2 is 1.75 bits per heavy atom. The molecule has 1 fully saturated rings. The van der Waals surface area contributed by atoms with Gasteiger partial charge in [-0.15, -0.1) is 0 Å². The van der Waals surface area contributed by atoms with Gasteiger partial charge in [-0.2, -0.15) is 0 Å². The third-order valence-electron chi connectivity index (χ3n) is 6.70. The highest BCUT2D eigenvalue weighted by molar-refractivity contribution is 5.84. The Labute approximate surface area is 207 Å². The molecule has 0 amide bonds. The van der Waals surface area contributed by atoms with Crippen LogP contribution in [0.15, 0.2) is 84.1 Å². The number of fused-ring (bicyclic) bond motifs is 2. The van der Waals surface area contributed by atoms with E-state index >= 15 is 0 Å². The Balaban J connectivity index is 1.63. The molecule has 0 saturated heterocycles. The molecule has 7 heteroatoms. The maximum Gasteiger partial charge on any atom is 0.160 e. The van der Waals surface area contributed by atoms with Gasteiger partial charge in [0.25, 0.3) is 0 Å². The second-order valence-corrected chi connectivity index (χ2v) is 9.18. The summed E-state index contributed by atoms with van der Waals surface area (Å²) in [4.78, 5) is 14.3. The number of benzene rings is 3. The van der Waals surface area contributed by atoms with Gasteiger partial charge in [0.2, 0.25) is 0 Å².